The fraction of sp³-hybridized carbons (Fsp3) is 0.909. The molecule has 1 heterocycles. The first kappa shape index (κ1) is 9.97. The lowest BCUT2D eigenvalue weighted by Gasteiger charge is -2.26. The summed E-state index contributed by atoms with van der Waals surface area (Å²) in [4.78, 5) is 11.6. The van der Waals surface area contributed by atoms with Crippen LogP contribution in [-0.4, -0.2) is 25.2 Å². The molecule has 0 bridgehead atoms. The molecule has 2 aliphatic rings. The molecule has 0 aromatic rings. The molecule has 0 aromatic heterocycles. The maximum absolute atomic E-state index is 11.6. The van der Waals surface area contributed by atoms with Crippen molar-refractivity contribution in [3.8, 4) is 0 Å². The third-order valence-corrected chi connectivity index (χ3v) is 3.54. The van der Waals surface area contributed by atoms with Gasteiger partial charge in [-0.25, -0.2) is 0 Å². The Balaban J connectivity index is 1.96. The van der Waals surface area contributed by atoms with E-state index in [0.717, 1.165) is 12.5 Å². The first-order valence-electron chi connectivity index (χ1n) is 5.73. The third kappa shape index (κ3) is 1.78. The van der Waals surface area contributed by atoms with Crippen molar-refractivity contribution in [2.24, 2.45) is 11.8 Å². The van der Waals surface area contributed by atoms with E-state index >= 15 is 0 Å². The van der Waals surface area contributed by atoms with Gasteiger partial charge in [-0.05, 0) is 38.1 Å². The SMILES string of the molecule is CCOC(=O)[C@H]1NC[C@H]2CCCC[C@H]21. The molecule has 0 aromatic carbocycles. The summed E-state index contributed by atoms with van der Waals surface area (Å²) in [6.07, 6.45) is 5.09. The Hall–Kier alpha value is -0.570. The van der Waals surface area contributed by atoms with Gasteiger partial charge in [-0.2, -0.15) is 0 Å². The van der Waals surface area contributed by atoms with Gasteiger partial charge >= 0.3 is 5.97 Å². The second-order valence-electron chi connectivity index (χ2n) is 4.35. The largest absolute Gasteiger partial charge is 0.465 e. The minimum Gasteiger partial charge on any atom is -0.465 e. The Morgan fingerprint density at radius 2 is 2.21 bits per heavy atom. The standard InChI is InChI=1S/C11H19NO2/c1-2-14-11(13)10-9-6-4-3-5-8(9)7-12-10/h8-10,12H,2-7H2,1H3/t8-,9-,10+/m1/s1. The zero-order chi connectivity index (χ0) is 9.97. The van der Waals surface area contributed by atoms with E-state index in [0.29, 0.717) is 12.5 Å². The highest BCUT2D eigenvalue weighted by molar-refractivity contribution is 5.76. The second-order valence-corrected chi connectivity index (χ2v) is 4.35. The maximum atomic E-state index is 11.6. The molecule has 3 atom stereocenters. The number of carbonyl (C=O) groups excluding carboxylic acids is 1. The fourth-order valence-electron chi connectivity index (χ4n) is 2.85. The molecule has 80 valence electrons. The molecule has 0 spiro atoms. The zero-order valence-corrected chi connectivity index (χ0v) is 8.79. The molecule has 14 heavy (non-hydrogen) atoms. The van der Waals surface area contributed by atoms with Gasteiger partial charge in [-0.15, -0.1) is 0 Å². The number of rotatable bonds is 2. The Bertz CT molecular complexity index is 217. The number of nitrogens with one attached hydrogen (secondary N) is 1. The summed E-state index contributed by atoms with van der Waals surface area (Å²) < 4.78 is 5.07. The number of carbonyl (C=O) groups is 1. The summed E-state index contributed by atoms with van der Waals surface area (Å²) in [5.41, 5.74) is 0. The molecule has 1 saturated heterocycles. The Morgan fingerprint density at radius 1 is 1.43 bits per heavy atom. The zero-order valence-electron chi connectivity index (χ0n) is 8.79. The smallest absolute Gasteiger partial charge is 0.323 e. The minimum atomic E-state index is -0.0399. The average molecular weight is 197 g/mol. The molecule has 0 unspecified atom stereocenters. The van der Waals surface area contributed by atoms with Gasteiger partial charge in [0, 0.05) is 0 Å². The van der Waals surface area contributed by atoms with Crippen LogP contribution in [0.2, 0.25) is 0 Å². The van der Waals surface area contributed by atoms with Crippen molar-refractivity contribution in [1.29, 1.82) is 0 Å². The first-order chi connectivity index (χ1) is 6.83. The van der Waals surface area contributed by atoms with Crippen LogP contribution in [0.5, 0.6) is 0 Å². The molecule has 1 saturated carbocycles. The van der Waals surface area contributed by atoms with Gasteiger partial charge in [0.05, 0.1) is 6.61 Å². The number of hydrogen-bond acceptors (Lipinski definition) is 3. The van der Waals surface area contributed by atoms with Gasteiger partial charge in [-0.1, -0.05) is 12.8 Å². The van der Waals surface area contributed by atoms with E-state index in [1.165, 1.54) is 25.7 Å². The Labute approximate surface area is 85.2 Å². The van der Waals surface area contributed by atoms with Crippen LogP contribution in [0.1, 0.15) is 32.6 Å². The lowest BCUT2D eigenvalue weighted by molar-refractivity contribution is -0.146. The van der Waals surface area contributed by atoms with Crippen molar-refractivity contribution in [2.75, 3.05) is 13.2 Å². The maximum Gasteiger partial charge on any atom is 0.323 e. The van der Waals surface area contributed by atoms with Gasteiger partial charge in [0.15, 0.2) is 0 Å². The number of ether oxygens (including phenoxy) is 1. The number of hydrogen-bond donors (Lipinski definition) is 1. The topological polar surface area (TPSA) is 38.3 Å². The predicted molar refractivity (Wildman–Crippen MR) is 53.9 cm³/mol. The van der Waals surface area contributed by atoms with E-state index in [1.807, 2.05) is 6.92 Å². The van der Waals surface area contributed by atoms with Gasteiger partial charge in [0.2, 0.25) is 0 Å². The van der Waals surface area contributed by atoms with Crippen LogP contribution in [0.4, 0.5) is 0 Å². The minimum absolute atomic E-state index is 0.0137. The predicted octanol–water partition coefficient (Wildman–Crippen LogP) is 1.33. The molecule has 1 N–H and O–H groups in total. The van der Waals surface area contributed by atoms with Crippen LogP contribution in [0, 0.1) is 11.8 Å². The van der Waals surface area contributed by atoms with Gasteiger partial charge in [0.1, 0.15) is 6.04 Å². The van der Waals surface area contributed by atoms with Crippen molar-refractivity contribution in [1.82, 2.24) is 5.32 Å². The molecule has 3 nitrogen and oxygen atoms in total. The van der Waals surface area contributed by atoms with Gasteiger partial charge in [-0.3, -0.25) is 4.79 Å². The molecule has 2 fully saturated rings. The van der Waals surface area contributed by atoms with Crippen LogP contribution in [0.15, 0.2) is 0 Å². The first-order valence-corrected chi connectivity index (χ1v) is 5.73. The van der Waals surface area contributed by atoms with E-state index in [2.05, 4.69) is 5.32 Å². The van der Waals surface area contributed by atoms with Gasteiger partial charge < -0.3 is 10.1 Å². The van der Waals surface area contributed by atoms with Crippen LogP contribution >= 0.6 is 0 Å². The van der Waals surface area contributed by atoms with Crippen molar-refractivity contribution < 1.29 is 9.53 Å². The average Bonchev–Trinajstić information content (AvgIpc) is 2.61. The molecule has 0 radical (unpaired) electrons. The highest BCUT2D eigenvalue weighted by atomic mass is 16.5. The molecule has 1 aliphatic heterocycles. The van der Waals surface area contributed by atoms with E-state index < -0.39 is 0 Å². The van der Waals surface area contributed by atoms with Crippen LogP contribution in [0.25, 0.3) is 0 Å². The van der Waals surface area contributed by atoms with Crippen molar-refractivity contribution >= 4 is 5.97 Å². The van der Waals surface area contributed by atoms with Crippen LogP contribution in [0.3, 0.4) is 0 Å². The third-order valence-electron chi connectivity index (χ3n) is 3.54. The molecule has 3 heteroatoms. The molecule has 0 amide bonds. The normalized spacial score (nSPS) is 36.5. The highest BCUT2D eigenvalue weighted by Gasteiger charge is 2.41. The number of fused-ring (bicyclic) bond motifs is 1. The summed E-state index contributed by atoms with van der Waals surface area (Å²) >= 11 is 0. The van der Waals surface area contributed by atoms with Crippen molar-refractivity contribution in [3.63, 3.8) is 0 Å². The van der Waals surface area contributed by atoms with Crippen molar-refractivity contribution in [2.45, 2.75) is 38.6 Å². The second kappa shape index (κ2) is 4.30. The van der Waals surface area contributed by atoms with E-state index in [-0.39, 0.29) is 12.0 Å². The van der Waals surface area contributed by atoms with E-state index in [9.17, 15) is 4.79 Å². The molecule has 1 aliphatic carbocycles. The Kier molecular flexibility index (Phi) is 3.06. The lowest BCUT2D eigenvalue weighted by Crippen LogP contribution is -2.38. The monoisotopic (exact) mass is 197 g/mol. The summed E-state index contributed by atoms with van der Waals surface area (Å²) in [5, 5.41) is 3.31. The van der Waals surface area contributed by atoms with Gasteiger partial charge in [0.25, 0.3) is 0 Å². The molecule has 2 rings (SSSR count). The highest BCUT2D eigenvalue weighted by Crippen LogP contribution is 2.36. The summed E-state index contributed by atoms with van der Waals surface area (Å²) in [6.45, 7) is 3.37. The van der Waals surface area contributed by atoms with E-state index in [1.54, 1.807) is 0 Å². The quantitative estimate of drug-likeness (QED) is 0.679. The Morgan fingerprint density at radius 3 is 3.00 bits per heavy atom. The lowest BCUT2D eigenvalue weighted by atomic mass is 9.78. The number of esters is 1. The summed E-state index contributed by atoms with van der Waals surface area (Å²) in [6, 6.07) is -0.0137. The molecular weight excluding hydrogens is 178 g/mol. The summed E-state index contributed by atoms with van der Waals surface area (Å²) in [7, 11) is 0. The van der Waals surface area contributed by atoms with Crippen LogP contribution < -0.4 is 5.32 Å². The van der Waals surface area contributed by atoms with Crippen LogP contribution in [-0.2, 0) is 9.53 Å². The summed E-state index contributed by atoms with van der Waals surface area (Å²) in [5.74, 6) is 1.22. The van der Waals surface area contributed by atoms with E-state index in [4.69, 9.17) is 4.74 Å². The van der Waals surface area contributed by atoms with Crippen molar-refractivity contribution in [3.05, 3.63) is 0 Å². The fourth-order valence-corrected chi connectivity index (χ4v) is 2.85. The molecular formula is C11H19NO2.